The largest absolute Gasteiger partial charge is 0.478 e. The van der Waals surface area contributed by atoms with Crippen LogP contribution in [0.15, 0.2) is 17.0 Å². The highest BCUT2D eigenvalue weighted by Crippen LogP contribution is 2.33. The highest BCUT2D eigenvalue weighted by molar-refractivity contribution is 7.91. The van der Waals surface area contributed by atoms with Crippen molar-refractivity contribution in [1.82, 2.24) is 0 Å². The van der Waals surface area contributed by atoms with E-state index in [-0.39, 0.29) is 11.7 Å². The molecule has 1 aromatic carbocycles. The summed E-state index contributed by atoms with van der Waals surface area (Å²) >= 11 is 0. The van der Waals surface area contributed by atoms with Crippen LogP contribution in [0.4, 0.5) is 8.78 Å². The molecule has 1 aliphatic rings. The van der Waals surface area contributed by atoms with Gasteiger partial charge in [0.2, 0.25) is 0 Å². The Bertz CT molecular complexity index is 606. The van der Waals surface area contributed by atoms with Crippen LogP contribution in [-0.4, -0.2) is 25.2 Å². The van der Waals surface area contributed by atoms with Gasteiger partial charge in [-0.3, -0.25) is 0 Å². The van der Waals surface area contributed by atoms with Crippen molar-refractivity contribution in [2.75, 3.05) is 5.75 Å². The first-order valence-corrected chi connectivity index (χ1v) is 6.91. The molecule has 0 bridgehead atoms. The van der Waals surface area contributed by atoms with Crippen LogP contribution in [0, 0.1) is 17.6 Å². The molecular formula is C11H10F2O4S. The smallest absolute Gasteiger partial charge is 0.335 e. The molecule has 98 valence electrons. The number of carboxylic acid groups (broad SMARTS) is 1. The molecule has 1 aromatic rings. The van der Waals surface area contributed by atoms with Crippen LogP contribution in [0.3, 0.4) is 0 Å². The zero-order valence-electron chi connectivity index (χ0n) is 9.19. The van der Waals surface area contributed by atoms with E-state index in [9.17, 15) is 22.0 Å². The van der Waals surface area contributed by atoms with E-state index < -0.39 is 37.9 Å². The van der Waals surface area contributed by atoms with Crippen molar-refractivity contribution in [3.63, 3.8) is 0 Å². The lowest BCUT2D eigenvalue weighted by Crippen LogP contribution is -2.13. The highest BCUT2D eigenvalue weighted by atomic mass is 32.2. The van der Waals surface area contributed by atoms with Gasteiger partial charge in [-0.05, 0) is 30.9 Å². The molecule has 0 aliphatic heterocycles. The minimum atomic E-state index is -3.98. The quantitative estimate of drug-likeness (QED) is 0.911. The molecule has 1 saturated carbocycles. The maximum atomic E-state index is 13.5. The Labute approximate surface area is 102 Å². The second-order valence-electron chi connectivity index (χ2n) is 4.30. The van der Waals surface area contributed by atoms with Crippen LogP contribution in [0.5, 0.6) is 0 Å². The predicted octanol–water partition coefficient (Wildman–Crippen LogP) is 1.85. The van der Waals surface area contributed by atoms with Gasteiger partial charge in [-0.1, -0.05) is 0 Å². The van der Waals surface area contributed by atoms with Crippen molar-refractivity contribution in [2.24, 2.45) is 5.92 Å². The zero-order chi connectivity index (χ0) is 13.5. The summed E-state index contributed by atoms with van der Waals surface area (Å²) in [5.41, 5.74) is -0.580. The molecule has 4 nitrogen and oxygen atoms in total. The van der Waals surface area contributed by atoms with Crippen LogP contribution in [0.2, 0.25) is 0 Å². The van der Waals surface area contributed by atoms with Gasteiger partial charge in [-0.25, -0.2) is 22.0 Å². The first-order chi connectivity index (χ1) is 8.31. The first-order valence-electron chi connectivity index (χ1n) is 5.26. The third-order valence-electron chi connectivity index (χ3n) is 2.73. The van der Waals surface area contributed by atoms with Crippen LogP contribution >= 0.6 is 0 Å². The molecule has 0 radical (unpaired) electrons. The van der Waals surface area contributed by atoms with Crippen LogP contribution in [0.1, 0.15) is 23.2 Å². The Morgan fingerprint density at radius 1 is 1.33 bits per heavy atom. The van der Waals surface area contributed by atoms with E-state index in [4.69, 9.17) is 5.11 Å². The summed E-state index contributed by atoms with van der Waals surface area (Å²) in [6.45, 7) is 0. The third-order valence-corrected chi connectivity index (χ3v) is 4.61. The van der Waals surface area contributed by atoms with Crippen molar-refractivity contribution in [1.29, 1.82) is 0 Å². The normalized spacial score (nSPS) is 15.7. The van der Waals surface area contributed by atoms with Gasteiger partial charge in [0.1, 0.15) is 4.90 Å². The fourth-order valence-corrected chi connectivity index (χ4v) is 3.41. The number of carbonyl (C=O) groups is 1. The predicted molar refractivity (Wildman–Crippen MR) is 58.1 cm³/mol. The number of carboxylic acids is 1. The van der Waals surface area contributed by atoms with E-state index in [0.29, 0.717) is 12.1 Å². The summed E-state index contributed by atoms with van der Waals surface area (Å²) < 4.78 is 50.3. The second kappa shape index (κ2) is 4.31. The lowest BCUT2D eigenvalue weighted by molar-refractivity contribution is 0.0696. The number of hydrogen-bond acceptors (Lipinski definition) is 3. The zero-order valence-corrected chi connectivity index (χ0v) is 10.0. The highest BCUT2D eigenvalue weighted by Gasteiger charge is 2.32. The molecule has 7 heteroatoms. The SMILES string of the molecule is O=C(O)c1cc(F)c(F)c(S(=O)(=O)CC2CC2)c1. The summed E-state index contributed by atoms with van der Waals surface area (Å²) in [5, 5.41) is 8.70. The maximum absolute atomic E-state index is 13.5. The number of hydrogen-bond donors (Lipinski definition) is 1. The standard InChI is InChI=1S/C11H10F2O4S/c12-8-3-7(11(14)15)4-9(10(8)13)18(16,17)5-6-1-2-6/h3-4,6H,1-2,5H2,(H,14,15). The fraction of sp³-hybridized carbons (Fsp3) is 0.364. The maximum Gasteiger partial charge on any atom is 0.335 e. The number of aromatic carboxylic acids is 1. The molecule has 0 aromatic heterocycles. The Morgan fingerprint density at radius 2 is 1.94 bits per heavy atom. The Hall–Kier alpha value is -1.50. The first kappa shape index (κ1) is 12.9. The lowest BCUT2D eigenvalue weighted by Gasteiger charge is -2.07. The van der Waals surface area contributed by atoms with Gasteiger partial charge >= 0.3 is 5.97 Å². The van der Waals surface area contributed by atoms with Gasteiger partial charge in [-0.15, -0.1) is 0 Å². The molecule has 0 saturated heterocycles. The topological polar surface area (TPSA) is 71.4 Å². The number of sulfone groups is 1. The molecule has 1 aliphatic carbocycles. The van der Waals surface area contributed by atoms with Crippen LogP contribution < -0.4 is 0 Å². The Kier molecular flexibility index (Phi) is 3.10. The van der Waals surface area contributed by atoms with Gasteiger partial charge in [0.25, 0.3) is 0 Å². The minimum absolute atomic E-state index is 0.0362. The second-order valence-corrected chi connectivity index (χ2v) is 6.30. The molecule has 0 heterocycles. The van der Waals surface area contributed by atoms with Crippen molar-refractivity contribution >= 4 is 15.8 Å². The number of halogens is 2. The Morgan fingerprint density at radius 3 is 2.44 bits per heavy atom. The molecule has 0 amide bonds. The average Bonchev–Trinajstić information content (AvgIpc) is 3.04. The van der Waals surface area contributed by atoms with E-state index in [1.807, 2.05) is 0 Å². The summed E-state index contributed by atoms with van der Waals surface area (Å²) in [5.74, 6) is -4.79. The molecule has 1 N–H and O–H groups in total. The van der Waals surface area contributed by atoms with Crippen LogP contribution in [-0.2, 0) is 9.84 Å². The molecule has 0 unspecified atom stereocenters. The molecular weight excluding hydrogens is 266 g/mol. The minimum Gasteiger partial charge on any atom is -0.478 e. The molecule has 2 rings (SSSR count). The van der Waals surface area contributed by atoms with E-state index in [1.54, 1.807) is 0 Å². The number of benzene rings is 1. The van der Waals surface area contributed by atoms with Crippen molar-refractivity contribution in [3.05, 3.63) is 29.3 Å². The van der Waals surface area contributed by atoms with Crippen molar-refractivity contribution in [2.45, 2.75) is 17.7 Å². The monoisotopic (exact) mass is 276 g/mol. The summed E-state index contributed by atoms with van der Waals surface area (Å²) in [4.78, 5) is 9.83. The van der Waals surface area contributed by atoms with Gasteiger partial charge in [0.15, 0.2) is 21.5 Å². The summed E-state index contributed by atoms with van der Waals surface area (Å²) in [6.07, 6.45) is 1.48. The van der Waals surface area contributed by atoms with E-state index in [0.717, 1.165) is 12.8 Å². The molecule has 0 atom stereocenters. The third kappa shape index (κ3) is 2.50. The van der Waals surface area contributed by atoms with Gasteiger partial charge < -0.3 is 5.11 Å². The molecule has 18 heavy (non-hydrogen) atoms. The van der Waals surface area contributed by atoms with Gasteiger partial charge in [-0.2, -0.15) is 0 Å². The Balaban J connectivity index is 2.51. The molecule has 0 spiro atoms. The van der Waals surface area contributed by atoms with Crippen LogP contribution in [0.25, 0.3) is 0 Å². The van der Waals surface area contributed by atoms with Crippen molar-refractivity contribution in [3.8, 4) is 0 Å². The molecule has 1 fully saturated rings. The van der Waals surface area contributed by atoms with Gasteiger partial charge in [0.05, 0.1) is 11.3 Å². The van der Waals surface area contributed by atoms with E-state index >= 15 is 0 Å². The summed E-state index contributed by atoms with van der Waals surface area (Å²) in [6, 6.07) is 1.13. The fourth-order valence-electron chi connectivity index (χ4n) is 1.60. The summed E-state index contributed by atoms with van der Waals surface area (Å²) in [7, 11) is -3.98. The van der Waals surface area contributed by atoms with Crippen molar-refractivity contribution < 1.29 is 27.1 Å². The average molecular weight is 276 g/mol. The van der Waals surface area contributed by atoms with E-state index in [2.05, 4.69) is 0 Å². The van der Waals surface area contributed by atoms with Gasteiger partial charge in [0, 0.05) is 0 Å². The lowest BCUT2D eigenvalue weighted by atomic mass is 10.2. The van der Waals surface area contributed by atoms with E-state index in [1.165, 1.54) is 0 Å². The number of rotatable bonds is 4.